The molecule has 2 aliphatic rings. The van der Waals surface area contributed by atoms with Crippen LogP contribution in [0, 0.1) is 5.92 Å². The highest BCUT2D eigenvalue weighted by molar-refractivity contribution is 4.90. The van der Waals surface area contributed by atoms with E-state index in [1.165, 1.54) is 64.6 Å². The van der Waals surface area contributed by atoms with Crippen molar-refractivity contribution in [1.82, 2.24) is 4.90 Å². The minimum absolute atomic E-state index is 0.195. The molecule has 1 aliphatic heterocycles. The molecular weight excluding hydrogens is 184 g/mol. The van der Waals surface area contributed by atoms with E-state index in [0.717, 1.165) is 5.92 Å². The molecule has 1 saturated heterocycles. The molecule has 15 heavy (non-hydrogen) atoms. The molecule has 0 aromatic heterocycles. The van der Waals surface area contributed by atoms with E-state index in [2.05, 4.69) is 11.8 Å². The maximum absolute atomic E-state index is 6.38. The van der Waals surface area contributed by atoms with Gasteiger partial charge in [-0.1, -0.05) is 19.8 Å². The monoisotopic (exact) mass is 210 g/mol. The summed E-state index contributed by atoms with van der Waals surface area (Å²) in [5.41, 5.74) is 6.58. The lowest BCUT2D eigenvalue weighted by molar-refractivity contribution is 0.168. The molecule has 0 aromatic rings. The molecule has 2 fully saturated rings. The zero-order chi connectivity index (χ0) is 10.7. The van der Waals surface area contributed by atoms with Gasteiger partial charge in [0.2, 0.25) is 0 Å². The molecule has 2 nitrogen and oxygen atoms in total. The Bertz CT molecular complexity index is 197. The van der Waals surface area contributed by atoms with Crippen LogP contribution >= 0.6 is 0 Å². The quantitative estimate of drug-likeness (QED) is 0.775. The molecule has 2 heteroatoms. The average molecular weight is 210 g/mol. The first-order chi connectivity index (χ1) is 7.18. The summed E-state index contributed by atoms with van der Waals surface area (Å²) in [7, 11) is 0. The summed E-state index contributed by atoms with van der Waals surface area (Å²) >= 11 is 0. The predicted molar refractivity (Wildman–Crippen MR) is 64.8 cm³/mol. The maximum atomic E-state index is 6.38. The standard InChI is InChI=1S/C13H26N2/c1-12-5-4-9-15(11-12)10-8-13(14)6-2-3-7-13/h12H,2-11,14H2,1H3. The number of likely N-dealkylation sites (tertiary alicyclic amines) is 1. The van der Waals surface area contributed by atoms with Gasteiger partial charge in [0.25, 0.3) is 0 Å². The van der Waals surface area contributed by atoms with Gasteiger partial charge in [-0.05, 0) is 51.1 Å². The number of hydrogen-bond acceptors (Lipinski definition) is 2. The van der Waals surface area contributed by atoms with Crippen LogP contribution in [0.4, 0.5) is 0 Å². The van der Waals surface area contributed by atoms with Crippen molar-refractivity contribution < 1.29 is 0 Å². The van der Waals surface area contributed by atoms with Crippen LogP contribution in [0.15, 0.2) is 0 Å². The molecule has 1 atom stereocenters. The Hall–Kier alpha value is -0.0800. The summed E-state index contributed by atoms with van der Waals surface area (Å²) in [5.74, 6) is 0.899. The minimum Gasteiger partial charge on any atom is -0.325 e. The first kappa shape index (κ1) is 11.4. The van der Waals surface area contributed by atoms with Crippen molar-refractivity contribution in [3.05, 3.63) is 0 Å². The van der Waals surface area contributed by atoms with Crippen molar-refractivity contribution in [2.45, 2.75) is 57.4 Å². The van der Waals surface area contributed by atoms with Crippen LogP contribution < -0.4 is 5.73 Å². The summed E-state index contributed by atoms with van der Waals surface area (Å²) in [6, 6.07) is 0. The molecule has 0 amide bonds. The third-order valence-corrected chi connectivity index (χ3v) is 4.27. The summed E-state index contributed by atoms with van der Waals surface area (Å²) in [6.07, 6.45) is 9.26. The van der Waals surface area contributed by atoms with Gasteiger partial charge >= 0.3 is 0 Å². The van der Waals surface area contributed by atoms with E-state index in [4.69, 9.17) is 5.73 Å². The maximum Gasteiger partial charge on any atom is 0.0166 e. The second-order valence-corrected chi connectivity index (χ2v) is 5.87. The van der Waals surface area contributed by atoms with Crippen molar-refractivity contribution >= 4 is 0 Å². The molecule has 0 bridgehead atoms. The Labute approximate surface area is 94.2 Å². The van der Waals surface area contributed by atoms with Gasteiger partial charge in [-0.3, -0.25) is 0 Å². The van der Waals surface area contributed by atoms with Crippen molar-refractivity contribution in [2.75, 3.05) is 19.6 Å². The number of hydrogen-bond donors (Lipinski definition) is 1. The number of nitrogens with two attached hydrogens (primary N) is 1. The van der Waals surface area contributed by atoms with Gasteiger partial charge in [-0.25, -0.2) is 0 Å². The van der Waals surface area contributed by atoms with Gasteiger partial charge in [-0.2, -0.15) is 0 Å². The first-order valence-electron chi connectivity index (χ1n) is 6.69. The van der Waals surface area contributed by atoms with Crippen LogP contribution in [0.25, 0.3) is 0 Å². The third-order valence-electron chi connectivity index (χ3n) is 4.27. The van der Waals surface area contributed by atoms with Crippen LogP contribution in [-0.4, -0.2) is 30.1 Å². The van der Waals surface area contributed by atoms with Gasteiger partial charge in [-0.15, -0.1) is 0 Å². The lowest BCUT2D eigenvalue weighted by Gasteiger charge is -2.33. The second-order valence-electron chi connectivity index (χ2n) is 5.87. The first-order valence-corrected chi connectivity index (χ1v) is 6.69. The highest BCUT2D eigenvalue weighted by atomic mass is 15.1. The summed E-state index contributed by atoms with van der Waals surface area (Å²) in [4.78, 5) is 2.63. The van der Waals surface area contributed by atoms with Crippen molar-refractivity contribution in [3.63, 3.8) is 0 Å². The molecule has 0 radical (unpaired) electrons. The van der Waals surface area contributed by atoms with Crippen LogP contribution in [0.5, 0.6) is 0 Å². The van der Waals surface area contributed by atoms with Crippen molar-refractivity contribution in [2.24, 2.45) is 11.7 Å². The lowest BCUT2D eigenvalue weighted by Crippen LogP contribution is -2.42. The number of rotatable bonds is 3. The lowest BCUT2D eigenvalue weighted by atomic mass is 9.93. The second kappa shape index (κ2) is 4.84. The number of nitrogens with zero attached hydrogens (tertiary/aromatic N) is 1. The fourth-order valence-electron chi connectivity index (χ4n) is 3.20. The molecule has 1 heterocycles. The molecule has 1 aliphatic carbocycles. The van der Waals surface area contributed by atoms with Crippen molar-refractivity contribution in [3.8, 4) is 0 Å². The van der Waals surface area contributed by atoms with Crippen molar-refractivity contribution in [1.29, 1.82) is 0 Å². The zero-order valence-electron chi connectivity index (χ0n) is 10.2. The minimum atomic E-state index is 0.195. The van der Waals surface area contributed by atoms with E-state index in [9.17, 15) is 0 Å². The molecular formula is C13H26N2. The predicted octanol–water partition coefficient (Wildman–Crippen LogP) is 2.38. The van der Waals surface area contributed by atoms with E-state index >= 15 is 0 Å². The highest BCUT2D eigenvalue weighted by Crippen LogP contribution is 2.30. The molecule has 2 N–H and O–H groups in total. The number of piperidine rings is 1. The Morgan fingerprint density at radius 1 is 1.27 bits per heavy atom. The molecule has 0 aromatic carbocycles. The normalized spacial score (nSPS) is 32.0. The Morgan fingerprint density at radius 3 is 2.67 bits per heavy atom. The van der Waals surface area contributed by atoms with E-state index in [-0.39, 0.29) is 5.54 Å². The summed E-state index contributed by atoms with van der Waals surface area (Å²) < 4.78 is 0. The smallest absolute Gasteiger partial charge is 0.0166 e. The van der Waals surface area contributed by atoms with Crippen LogP contribution in [-0.2, 0) is 0 Å². The van der Waals surface area contributed by atoms with Gasteiger partial charge in [0.15, 0.2) is 0 Å². The van der Waals surface area contributed by atoms with Gasteiger partial charge in [0, 0.05) is 12.1 Å². The average Bonchev–Trinajstić information content (AvgIpc) is 2.63. The van der Waals surface area contributed by atoms with Crippen LogP contribution in [0.1, 0.15) is 51.9 Å². The van der Waals surface area contributed by atoms with Gasteiger partial charge in [0.05, 0.1) is 0 Å². The van der Waals surface area contributed by atoms with E-state index < -0.39 is 0 Å². The summed E-state index contributed by atoms with van der Waals surface area (Å²) in [5, 5.41) is 0. The Morgan fingerprint density at radius 2 is 2.00 bits per heavy atom. The van der Waals surface area contributed by atoms with Gasteiger partial charge in [0.1, 0.15) is 0 Å². The molecule has 2 rings (SSSR count). The largest absolute Gasteiger partial charge is 0.325 e. The highest BCUT2D eigenvalue weighted by Gasteiger charge is 2.29. The Balaban J connectivity index is 1.72. The van der Waals surface area contributed by atoms with Crippen LogP contribution in [0.2, 0.25) is 0 Å². The van der Waals surface area contributed by atoms with Crippen LogP contribution in [0.3, 0.4) is 0 Å². The zero-order valence-corrected chi connectivity index (χ0v) is 10.2. The van der Waals surface area contributed by atoms with E-state index in [1.54, 1.807) is 0 Å². The molecule has 88 valence electrons. The van der Waals surface area contributed by atoms with Gasteiger partial charge < -0.3 is 10.6 Å². The molecule has 1 unspecified atom stereocenters. The summed E-state index contributed by atoms with van der Waals surface area (Å²) in [6.45, 7) is 6.22. The Kier molecular flexibility index (Phi) is 3.68. The van der Waals surface area contributed by atoms with E-state index in [1.807, 2.05) is 0 Å². The molecule has 0 spiro atoms. The van der Waals surface area contributed by atoms with E-state index in [0.29, 0.717) is 0 Å². The fourth-order valence-corrected chi connectivity index (χ4v) is 3.20. The topological polar surface area (TPSA) is 29.3 Å². The SMILES string of the molecule is CC1CCCN(CCC2(N)CCCC2)C1. The fraction of sp³-hybridized carbons (Fsp3) is 1.00. The molecule has 1 saturated carbocycles. The third kappa shape index (κ3) is 3.18.